The minimum Gasteiger partial charge on any atom is -0.493 e. The summed E-state index contributed by atoms with van der Waals surface area (Å²) in [6.45, 7) is 3.86. The van der Waals surface area contributed by atoms with E-state index in [-0.39, 0.29) is 11.8 Å². The molecule has 0 N–H and O–H groups in total. The summed E-state index contributed by atoms with van der Waals surface area (Å²) in [5.41, 5.74) is 1.07. The Morgan fingerprint density at radius 2 is 1.00 bits per heavy atom. The van der Waals surface area contributed by atoms with Gasteiger partial charge in [-0.3, -0.25) is 0 Å². The summed E-state index contributed by atoms with van der Waals surface area (Å²) in [7, 11) is 0. The molecule has 10 heteroatoms. The molecule has 236 valence electrons. The van der Waals surface area contributed by atoms with E-state index < -0.39 is 22.4 Å². The second-order valence-electron chi connectivity index (χ2n) is 12.9. The van der Waals surface area contributed by atoms with Crippen molar-refractivity contribution in [3.05, 3.63) is 56.5 Å². The maximum atomic E-state index is 12.2. The monoisotopic (exact) mass is 732 g/mol. The van der Waals surface area contributed by atoms with Crippen LogP contribution in [0.25, 0.3) is 0 Å². The van der Waals surface area contributed by atoms with Gasteiger partial charge in [0, 0.05) is 45.8 Å². The molecule has 2 spiro atoms. The predicted molar refractivity (Wildman–Crippen MR) is 168 cm³/mol. The first-order valence-corrected chi connectivity index (χ1v) is 17.3. The quantitative estimate of drug-likeness (QED) is 0.327. The van der Waals surface area contributed by atoms with E-state index in [0.29, 0.717) is 39.6 Å². The second-order valence-corrected chi connectivity index (χ2v) is 14.7. The zero-order valence-electron chi connectivity index (χ0n) is 24.7. The molecule has 8 rings (SSSR count). The van der Waals surface area contributed by atoms with Crippen LogP contribution in [0.2, 0.25) is 0 Å². The van der Waals surface area contributed by atoms with Crippen LogP contribution < -0.4 is 9.47 Å². The summed E-state index contributed by atoms with van der Waals surface area (Å²) in [5, 5.41) is 0. The highest BCUT2D eigenvalue weighted by atomic mass is 79.9. The summed E-state index contributed by atoms with van der Waals surface area (Å²) < 4.78 is 37.3. The summed E-state index contributed by atoms with van der Waals surface area (Å²) >= 11 is 6.97. The van der Waals surface area contributed by atoms with Crippen LogP contribution in [0.4, 0.5) is 0 Å². The fourth-order valence-electron chi connectivity index (χ4n) is 8.53. The number of ether oxygens (including phenoxy) is 6. The molecule has 4 aliphatic heterocycles. The highest BCUT2D eigenvalue weighted by molar-refractivity contribution is 9.10. The fourth-order valence-corrected chi connectivity index (χ4v) is 9.21. The van der Waals surface area contributed by atoms with Crippen LogP contribution in [0, 0.1) is 11.8 Å². The Kier molecular flexibility index (Phi) is 8.46. The molecular formula is C34H38Br2O8. The van der Waals surface area contributed by atoms with Crippen LogP contribution in [-0.2, 0) is 39.4 Å². The van der Waals surface area contributed by atoms with Crippen molar-refractivity contribution in [2.75, 3.05) is 39.6 Å². The van der Waals surface area contributed by atoms with Gasteiger partial charge in [0.15, 0.2) is 11.6 Å². The van der Waals surface area contributed by atoms with Gasteiger partial charge in [-0.15, -0.1) is 0 Å². The largest absolute Gasteiger partial charge is 0.493 e. The van der Waals surface area contributed by atoms with Crippen molar-refractivity contribution < 1.29 is 38.0 Å². The van der Waals surface area contributed by atoms with Gasteiger partial charge < -0.3 is 38.0 Å². The lowest BCUT2D eigenvalue weighted by molar-refractivity contribution is -0.198. The minimum atomic E-state index is -0.479. The maximum absolute atomic E-state index is 12.2. The highest BCUT2D eigenvalue weighted by Crippen LogP contribution is 2.55. The number of hydrogen-bond acceptors (Lipinski definition) is 8. The van der Waals surface area contributed by atoms with Crippen LogP contribution in [0.15, 0.2) is 45.3 Å². The molecule has 2 saturated heterocycles. The van der Waals surface area contributed by atoms with Gasteiger partial charge in [-0.2, -0.15) is 0 Å². The minimum absolute atomic E-state index is 0.194. The van der Waals surface area contributed by atoms with Gasteiger partial charge in [-0.05, 0) is 61.8 Å². The first-order chi connectivity index (χ1) is 21.3. The Morgan fingerprint density at radius 1 is 0.591 bits per heavy atom. The third-order valence-corrected chi connectivity index (χ3v) is 11.8. The number of halogens is 2. The molecule has 2 aromatic rings. The van der Waals surface area contributed by atoms with E-state index in [1.165, 1.54) is 0 Å². The molecule has 6 aliphatic rings. The lowest BCUT2D eigenvalue weighted by Crippen LogP contribution is -2.49. The van der Waals surface area contributed by atoms with E-state index in [4.69, 9.17) is 28.4 Å². The molecule has 4 heterocycles. The van der Waals surface area contributed by atoms with Gasteiger partial charge in [0.1, 0.15) is 24.1 Å². The predicted octanol–water partition coefficient (Wildman–Crippen LogP) is 6.42. The van der Waals surface area contributed by atoms with Crippen molar-refractivity contribution in [2.45, 2.75) is 73.8 Å². The number of carbonyl (C=O) groups excluding carboxylic acids is 2. The lowest BCUT2D eigenvalue weighted by Gasteiger charge is -2.46. The van der Waals surface area contributed by atoms with Crippen molar-refractivity contribution in [1.82, 2.24) is 0 Å². The zero-order chi connectivity index (χ0) is 30.4. The Morgan fingerprint density at radius 3 is 1.39 bits per heavy atom. The van der Waals surface area contributed by atoms with Gasteiger partial charge in [0.2, 0.25) is 0 Å². The summed E-state index contributed by atoms with van der Waals surface area (Å²) in [4.78, 5) is 24.3. The molecule has 4 atom stereocenters. The van der Waals surface area contributed by atoms with Gasteiger partial charge in [0.05, 0.1) is 50.5 Å². The fraction of sp³-hybridized carbons (Fsp3) is 0.588. The first kappa shape index (κ1) is 30.8. The summed E-state index contributed by atoms with van der Waals surface area (Å²) in [5.74, 6) is 1.09. The smallest absolute Gasteiger partial charge is 0.168 e. The maximum Gasteiger partial charge on any atom is 0.168 e. The van der Waals surface area contributed by atoms with E-state index in [2.05, 4.69) is 31.9 Å². The van der Waals surface area contributed by atoms with Crippen molar-refractivity contribution in [3.63, 3.8) is 0 Å². The van der Waals surface area contributed by atoms with Crippen LogP contribution in [0.3, 0.4) is 0 Å². The molecular weight excluding hydrogens is 696 g/mol. The van der Waals surface area contributed by atoms with E-state index in [0.717, 1.165) is 95.5 Å². The summed E-state index contributed by atoms with van der Waals surface area (Å²) in [6, 6.07) is 12.0. The van der Waals surface area contributed by atoms with E-state index in [9.17, 15) is 9.59 Å². The van der Waals surface area contributed by atoms with Gasteiger partial charge in [0.25, 0.3) is 0 Å². The third kappa shape index (κ3) is 5.27. The van der Waals surface area contributed by atoms with Crippen LogP contribution in [-0.4, -0.2) is 63.8 Å². The SMILES string of the molecule is O=C[C@@]12CCC3(C[C@@H]1CCOc1cc(Br)ccc12)OCCO3.O=C[C@]12CCC3(C[C@H]1CCOc1cc(Br)ccc12)OCCO3. The molecule has 2 aromatic carbocycles. The standard InChI is InChI=1S/2C17H19BrO4/c2*18-13-1-2-14-15(9-13)20-6-3-12-10-17(21-7-8-22-17)5-4-16(12,14)11-19/h2*1-2,9,11-12H,3-8,10H2/t2*12-,16-/m10/s1. The van der Waals surface area contributed by atoms with E-state index >= 15 is 0 Å². The van der Waals surface area contributed by atoms with Crippen LogP contribution in [0.1, 0.15) is 62.5 Å². The molecule has 0 unspecified atom stereocenters. The van der Waals surface area contributed by atoms with Crippen molar-refractivity contribution >= 4 is 44.4 Å². The van der Waals surface area contributed by atoms with E-state index in [1.807, 2.05) is 36.4 Å². The number of benzene rings is 2. The molecule has 2 saturated carbocycles. The average molecular weight is 734 g/mol. The van der Waals surface area contributed by atoms with Crippen molar-refractivity contribution in [3.8, 4) is 11.5 Å². The molecule has 4 fully saturated rings. The number of fused-ring (bicyclic) bond motifs is 6. The zero-order valence-corrected chi connectivity index (χ0v) is 27.9. The molecule has 0 amide bonds. The van der Waals surface area contributed by atoms with Gasteiger partial charge in [-0.25, -0.2) is 0 Å². The first-order valence-electron chi connectivity index (χ1n) is 15.7. The van der Waals surface area contributed by atoms with Crippen LogP contribution in [0.5, 0.6) is 11.5 Å². The number of hydrogen-bond donors (Lipinski definition) is 0. The molecule has 0 aromatic heterocycles. The topological polar surface area (TPSA) is 89.5 Å². The molecule has 8 nitrogen and oxygen atoms in total. The normalized spacial score (nSPS) is 32.7. The Bertz CT molecular complexity index is 1300. The molecule has 0 radical (unpaired) electrons. The number of carbonyl (C=O) groups is 2. The molecule has 2 aliphatic carbocycles. The van der Waals surface area contributed by atoms with Crippen LogP contribution >= 0.6 is 31.9 Å². The second kappa shape index (κ2) is 12.1. The highest BCUT2D eigenvalue weighted by Gasteiger charge is 2.55. The lowest BCUT2D eigenvalue weighted by atomic mass is 9.61. The third-order valence-electron chi connectivity index (χ3n) is 10.8. The number of aldehydes is 2. The van der Waals surface area contributed by atoms with Crippen molar-refractivity contribution in [2.24, 2.45) is 11.8 Å². The molecule has 44 heavy (non-hydrogen) atoms. The van der Waals surface area contributed by atoms with E-state index in [1.54, 1.807) is 0 Å². The summed E-state index contributed by atoms with van der Waals surface area (Å²) in [6.07, 6.45) is 8.53. The Hall–Kier alpha value is -1.82. The Labute approximate surface area is 274 Å². The Balaban J connectivity index is 0.000000142. The van der Waals surface area contributed by atoms with Crippen molar-refractivity contribution in [1.29, 1.82) is 0 Å². The average Bonchev–Trinajstić information content (AvgIpc) is 3.61. The van der Waals surface area contributed by atoms with Gasteiger partial charge >= 0.3 is 0 Å². The van der Waals surface area contributed by atoms with Gasteiger partial charge in [-0.1, -0.05) is 44.0 Å². The molecule has 0 bridgehead atoms. The number of rotatable bonds is 2.